The van der Waals surface area contributed by atoms with Crippen LogP contribution in [0, 0.1) is 5.92 Å². The van der Waals surface area contributed by atoms with Crippen LogP contribution in [0.25, 0.3) is 11.2 Å². The van der Waals surface area contributed by atoms with Gasteiger partial charge < -0.3 is 19.9 Å². The zero-order valence-corrected chi connectivity index (χ0v) is 32.1. The molecule has 5 aromatic carbocycles. The Labute approximate surface area is 336 Å². The van der Waals surface area contributed by atoms with Gasteiger partial charge in [0.05, 0.1) is 29.2 Å². The first kappa shape index (κ1) is 38.0. The van der Waals surface area contributed by atoms with E-state index < -0.39 is 24.0 Å². The van der Waals surface area contributed by atoms with E-state index in [1.165, 1.54) is 4.90 Å². The van der Waals surface area contributed by atoms with Crippen molar-refractivity contribution in [2.75, 3.05) is 17.2 Å². The first-order valence-corrected chi connectivity index (χ1v) is 19.2. The lowest BCUT2D eigenvalue weighted by Gasteiger charge is -2.40. The van der Waals surface area contributed by atoms with Crippen molar-refractivity contribution in [3.8, 4) is 5.88 Å². The summed E-state index contributed by atoms with van der Waals surface area (Å²) in [6, 6.07) is 48.8. The fraction of sp³-hybridized carbons (Fsp3) is 0.196. The molecule has 292 valence electrons. The number of aromatic nitrogens is 4. The van der Waals surface area contributed by atoms with E-state index in [9.17, 15) is 9.59 Å². The van der Waals surface area contributed by atoms with E-state index in [2.05, 4.69) is 56.7 Å². The van der Waals surface area contributed by atoms with Crippen LogP contribution in [0.2, 0.25) is 0 Å². The van der Waals surface area contributed by atoms with Crippen LogP contribution in [0.15, 0.2) is 158 Å². The van der Waals surface area contributed by atoms with Crippen molar-refractivity contribution in [1.82, 2.24) is 24.8 Å². The van der Waals surface area contributed by atoms with E-state index in [1.807, 2.05) is 115 Å². The van der Waals surface area contributed by atoms with Crippen LogP contribution in [0.1, 0.15) is 43.2 Å². The van der Waals surface area contributed by atoms with Crippen LogP contribution < -0.4 is 20.7 Å². The largest absolute Gasteiger partial charge is 0.463 e. The quantitative estimate of drug-likeness (QED) is 0.0921. The molecule has 0 unspecified atom stereocenters. The second kappa shape index (κ2) is 16.7. The summed E-state index contributed by atoms with van der Waals surface area (Å²) < 4.78 is 20.4. The molecule has 0 radical (unpaired) electrons. The number of amides is 1. The zero-order chi connectivity index (χ0) is 40.1. The van der Waals surface area contributed by atoms with Crippen LogP contribution in [0.4, 0.5) is 22.1 Å². The van der Waals surface area contributed by atoms with Crippen molar-refractivity contribution in [2.45, 2.75) is 44.2 Å². The number of nitrogens with zero attached hydrogens (tertiary/aromatic N) is 5. The lowest BCUT2D eigenvalue weighted by molar-refractivity contribution is -0.152. The van der Waals surface area contributed by atoms with E-state index in [0.717, 1.165) is 16.7 Å². The molecule has 3 N–H and O–H groups in total. The normalized spacial score (nSPS) is 16.6. The highest BCUT2D eigenvalue weighted by atomic mass is 16.6. The molecule has 1 amide bonds. The molecule has 1 saturated heterocycles. The Morgan fingerprint density at radius 3 is 1.79 bits per heavy atom. The number of anilines is 3. The van der Waals surface area contributed by atoms with Crippen molar-refractivity contribution in [1.29, 1.82) is 0 Å². The lowest BCUT2D eigenvalue weighted by atomic mass is 9.76. The van der Waals surface area contributed by atoms with Gasteiger partial charge in [-0.3, -0.25) is 14.7 Å². The van der Waals surface area contributed by atoms with Gasteiger partial charge in [0, 0.05) is 12.5 Å². The van der Waals surface area contributed by atoms with Gasteiger partial charge >= 0.3 is 12.1 Å². The molecular weight excluding hydrogens is 731 g/mol. The Kier molecular flexibility index (Phi) is 10.9. The number of nitrogens with one attached hydrogen (secondary N) is 1. The summed E-state index contributed by atoms with van der Waals surface area (Å²) in [6.07, 6.45) is 0.0404. The maximum Gasteiger partial charge on any atom is 0.425 e. The van der Waals surface area contributed by atoms with Gasteiger partial charge in [-0.15, -0.1) is 0 Å². The first-order chi connectivity index (χ1) is 28.3. The number of carbonyl (C=O) groups is 2. The number of para-hydroxylation sites is 2. The van der Waals surface area contributed by atoms with Gasteiger partial charge in [0.1, 0.15) is 18.9 Å². The molecule has 0 aliphatic carbocycles. The summed E-state index contributed by atoms with van der Waals surface area (Å²) in [4.78, 5) is 41.7. The molecule has 0 saturated carbocycles. The Balaban J connectivity index is 1.17. The van der Waals surface area contributed by atoms with Gasteiger partial charge in [-0.1, -0.05) is 141 Å². The molecule has 12 heteroatoms. The number of carbonyl (C=O) groups excluding carboxylic acids is 2. The Morgan fingerprint density at radius 2 is 1.29 bits per heavy atom. The summed E-state index contributed by atoms with van der Waals surface area (Å²) in [7, 11) is 0. The fourth-order valence-corrected chi connectivity index (χ4v) is 7.46. The molecule has 8 rings (SSSR count). The molecule has 3 heterocycles. The SMILES string of the molecule is CC(C)C(=O)OC[C@H]1O[C@@H](n2cnc3c(OC(=O)N(c4ccccc4)c4ccccc4)nc(N)nc32)C[C@@H]1NC(c1ccccc1)(c1ccccc1)c1ccccc1. The Morgan fingerprint density at radius 1 is 0.793 bits per heavy atom. The van der Waals surface area contributed by atoms with Crippen LogP contribution in [-0.2, 0) is 19.8 Å². The van der Waals surface area contributed by atoms with Crippen molar-refractivity contribution in [3.63, 3.8) is 0 Å². The minimum Gasteiger partial charge on any atom is -0.463 e. The summed E-state index contributed by atoms with van der Waals surface area (Å²) in [6.45, 7) is 3.60. The van der Waals surface area contributed by atoms with Crippen LogP contribution in [-0.4, -0.2) is 50.3 Å². The lowest BCUT2D eigenvalue weighted by Crippen LogP contribution is -2.53. The number of benzene rings is 5. The molecule has 58 heavy (non-hydrogen) atoms. The monoisotopic (exact) mass is 773 g/mol. The standard InChI is InChI=1S/C46H43N7O5/c1-31(2)43(54)56-29-38-37(51-46(32-18-8-3-9-19-32,33-20-10-4-11-21-33)34-22-12-5-13-23-34)28-39(57-38)52-30-48-40-41(52)49-44(47)50-42(40)58-45(55)53(35-24-14-6-15-25-35)36-26-16-7-17-27-36/h3-27,30-31,37-39,51H,28-29H2,1-2H3,(H2,47,49,50)/t37-,38+,39+/m0/s1. The number of fused-ring (bicyclic) bond motifs is 1. The van der Waals surface area contributed by atoms with Crippen molar-refractivity contribution in [2.24, 2.45) is 5.92 Å². The number of esters is 1. The third-order valence-electron chi connectivity index (χ3n) is 10.2. The molecule has 1 fully saturated rings. The number of imidazole rings is 1. The first-order valence-electron chi connectivity index (χ1n) is 19.2. The van der Waals surface area contributed by atoms with Crippen LogP contribution in [0.5, 0.6) is 5.88 Å². The number of ether oxygens (including phenoxy) is 3. The van der Waals surface area contributed by atoms with E-state index in [4.69, 9.17) is 19.9 Å². The third kappa shape index (κ3) is 7.62. The molecule has 7 aromatic rings. The van der Waals surface area contributed by atoms with Gasteiger partial charge in [-0.25, -0.2) is 14.7 Å². The summed E-state index contributed by atoms with van der Waals surface area (Å²) in [5, 5.41) is 4.03. The smallest absolute Gasteiger partial charge is 0.425 e. The molecule has 0 bridgehead atoms. The van der Waals surface area contributed by atoms with Crippen molar-refractivity contribution in [3.05, 3.63) is 175 Å². The Hall–Kier alpha value is -6.89. The van der Waals surface area contributed by atoms with Crippen molar-refractivity contribution >= 4 is 40.5 Å². The average Bonchev–Trinajstić information content (AvgIpc) is 3.87. The zero-order valence-electron chi connectivity index (χ0n) is 32.1. The molecule has 3 atom stereocenters. The number of hydrogen-bond donors (Lipinski definition) is 2. The molecule has 0 spiro atoms. The number of nitrogen functional groups attached to an aromatic ring is 1. The van der Waals surface area contributed by atoms with E-state index in [0.29, 0.717) is 23.4 Å². The van der Waals surface area contributed by atoms with Crippen molar-refractivity contribution < 1.29 is 23.8 Å². The molecule has 12 nitrogen and oxygen atoms in total. The summed E-state index contributed by atoms with van der Waals surface area (Å²) in [5.74, 6) is -0.867. The van der Waals surface area contributed by atoms with Gasteiger partial charge in [0.25, 0.3) is 5.88 Å². The molecular formula is C46H43N7O5. The van der Waals surface area contributed by atoms with E-state index >= 15 is 0 Å². The molecule has 1 aliphatic rings. The highest BCUT2D eigenvalue weighted by molar-refractivity contribution is 5.98. The minimum atomic E-state index is -0.832. The van der Waals surface area contributed by atoms with Gasteiger partial charge in [-0.05, 0) is 41.0 Å². The Bertz CT molecular complexity index is 2330. The van der Waals surface area contributed by atoms with Crippen LogP contribution >= 0.6 is 0 Å². The van der Waals surface area contributed by atoms with Crippen LogP contribution in [0.3, 0.4) is 0 Å². The summed E-state index contributed by atoms with van der Waals surface area (Å²) >= 11 is 0. The highest BCUT2D eigenvalue weighted by Gasteiger charge is 2.45. The number of hydrogen-bond acceptors (Lipinski definition) is 10. The number of rotatable bonds is 12. The second-order valence-corrected chi connectivity index (χ2v) is 14.3. The number of nitrogens with two attached hydrogens (primary N) is 1. The molecule has 1 aliphatic heterocycles. The highest BCUT2D eigenvalue weighted by Crippen LogP contribution is 2.41. The van der Waals surface area contributed by atoms with E-state index in [-0.39, 0.29) is 41.9 Å². The fourth-order valence-electron chi connectivity index (χ4n) is 7.46. The second-order valence-electron chi connectivity index (χ2n) is 14.3. The topological polar surface area (TPSA) is 147 Å². The predicted molar refractivity (Wildman–Crippen MR) is 221 cm³/mol. The van der Waals surface area contributed by atoms with Gasteiger partial charge in [-0.2, -0.15) is 9.97 Å². The maximum atomic E-state index is 14.0. The van der Waals surface area contributed by atoms with E-state index in [1.54, 1.807) is 24.7 Å². The van der Waals surface area contributed by atoms with Gasteiger partial charge in [0.2, 0.25) is 5.95 Å². The summed E-state index contributed by atoms with van der Waals surface area (Å²) in [5.41, 5.74) is 10.3. The predicted octanol–water partition coefficient (Wildman–Crippen LogP) is 8.18. The minimum absolute atomic E-state index is 0.00104. The van der Waals surface area contributed by atoms with Gasteiger partial charge in [0.15, 0.2) is 11.2 Å². The third-order valence-corrected chi connectivity index (χ3v) is 10.2. The molecule has 2 aromatic heterocycles. The maximum absolute atomic E-state index is 14.0. The average molecular weight is 774 g/mol.